The van der Waals surface area contributed by atoms with Crippen LogP contribution >= 0.6 is 0 Å². The molecule has 0 aliphatic heterocycles. The summed E-state index contributed by atoms with van der Waals surface area (Å²) in [5.41, 5.74) is -1.50. The molecule has 1 unspecified atom stereocenters. The lowest BCUT2D eigenvalue weighted by Crippen LogP contribution is -2.27. The summed E-state index contributed by atoms with van der Waals surface area (Å²) in [6, 6.07) is 8.09. The van der Waals surface area contributed by atoms with Gasteiger partial charge in [0.2, 0.25) is 5.91 Å². The van der Waals surface area contributed by atoms with Crippen LogP contribution in [0.1, 0.15) is 35.1 Å². The van der Waals surface area contributed by atoms with Crippen LogP contribution in [0.4, 0.5) is 26.3 Å². The van der Waals surface area contributed by atoms with Gasteiger partial charge in [-0.15, -0.1) is 0 Å². The highest BCUT2D eigenvalue weighted by Gasteiger charge is 2.32. The standard InChI is InChI=1S/C21H19F6NO3/c1-13(29)28-9-10-31-19(30)18(15-5-7-16(8-6-15)20(22,23)24)12-14-3-2-4-17(11-14)21(25,26)27/h2-8,11,18H,9-10,12H2,1H3,(H,28,29). The molecule has 2 aromatic rings. The van der Waals surface area contributed by atoms with Crippen LogP contribution in [0, 0.1) is 0 Å². The van der Waals surface area contributed by atoms with Crippen LogP contribution in [0.15, 0.2) is 48.5 Å². The molecule has 10 heteroatoms. The quantitative estimate of drug-likeness (QED) is 0.379. The van der Waals surface area contributed by atoms with E-state index in [1.165, 1.54) is 19.1 Å². The molecule has 0 heterocycles. The van der Waals surface area contributed by atoms with Crippen molar-refractivity contribution in [2.45, 2.75) is 31.6 Å². The Morgan fingerprint density at radius 3 is 2.10 bits per heavy atom. The maximum Gasteiger partial charge on any atom is 0.416 e. The highest BCUT2D eigenvalue weighted by molar-refractivity contribution is 5.78. The van der Waals surface area contributed by atoms with Crippen LogP contribution in [0.3, 0.4) is 0 Å². The molecule has 0 radical (unpaired) electrons. The van der Waals surface area contributed by atoms with E-state index in [0.717, 1.165) is 36.4 Å². The average molecular weight is 447 g/mol. The summed E-state index contributed by atoms with van der Waals surface area (Å²) in [6.45, 7) is 1.09. The van der Waals surface area contributed by atoms with E-state index < -0.39 is 35.4 Å². The van der Waals surface area contributed by atoms with Gasteiger partial charge >= 0.3 is 18.3 Å². The van der Waals surface area contributed by atoms with Crippen molar-refractivity contribution in [3.05, 3.63) is 70.8 Å². The summed E-state index contributed by atoms with van der Waals surface area (Å²) in [7, 11) is 0. The molecule has 0 saturated heterocycles. The Morgan fingerprint density at radius 2 is 1.55 bits per heavy atom. The largest absolute Gasteiger partial charge is 0.463 e. The van der Waals surface area contributed by atoms with Gasteiger partial charge in [0.1, 0.15) is 6.61 Å². The molecule has 4 nitrogen and oxygen atoms in total. The van der Waals surface area contributed by atoms with Crippen molar-refractivity contribution in [1.29, 1.82) is 0 Å². The molecule has 0 fully saturated rings. The summed E-state index contributed by atoms with van der Waals surface area (Å²) >= 11 is 0. The summed E-state index contributed by atoms with van der Waals surface area (Å²) in [6.07, 6.45) is -9.37. The van der Waals surface area contributed by atoms with E-state index >= 15 is 0 Å². The molecule has 1 atom stereocenters. The molecule has 2 aromatic carbocycles. The number of rotatable bonds is 7. The Balaban J connectivity index is 2.27. The Morgan fingerprint density at radius 1 is 0.935 bits per heavy atom. The normalized spacial score (nSPS) is 12.9. The zero-order chi connectivity index (χ0) is 23.2. The summed E-state index contributed by atoms with van der Waals surface area (Å²) in [4.78, 5) is 23.5. The predicted octanol–water partition coefficient (Wildman–Crippen LogP) is 4.73. The third-order valence-electron chi connectivity index (χ3n) is 4.34. The van der Waals surface area contributed by atoms with E-state index in [9.17, 15) is 35.9 Å². The number of benzene rings is 2. The number of esters is 1. The number of alkyl halides is 6. The summed E-state index contributed by atoms with van der Waals surface area (Å²) < 4.78 is 82.5. The third-order valence-corrected chi connectivity index (χ3v) is 4.34. The number of carbonyl (C=O) groups excluding carboxylic acids is 2. The van der Waals surface area contributed by atoms with Gasteiger partial charge in [-0.1, -0.05) is 30.3 Å². The lowest BCUT2D eigenvalue weighted by atomic mass is 9.90. The minimum Gasteiger partial charge on any atom is -0.463 e. The first-order valence-electron chi connectivity index (χ1n) is 9.12. The fraction of sp³-hybridized carbons (Fsp3) is 0.333. The maximum atomic E-state index is 13.0. The van der Waals surface area contributed by atoms with E-state index in [4.69, 9.17) is 4.74 Å². The highest BCUT2D eigenvalue weighted by atomic mass is 19.4. The zero-order valence-electron chi connectivity index (χ0n) is 16.3. The van der Waals surface area contributed by atoms with Gasteiger partial charge in [-0.3, -0.25) is 9.59 Å². The molecule has 168 valence electrons. The van der Waals surface area contributed by atoms with Gasteiger partial charge in [0.15, 0.2) is 0 Å². The number of carbonyl (C=O) groups is 2. The Kier molecular flexibility index (Phi) is 7.70. The molecule has 1 N–H and O–H groups in total. The van der Waals surface area contributed by atoms with Crippen molar-refractivity contribution in [3.8, 4) is 0 Å². The first-order valence-corrected chi connectivity index (χ1v) is 9.12. The van der Waals surface area contributed by atoms with Gasteiger partial charge in [-0.05, 0) is 35.7 Å². The SMILES string of the molecule is CC(=O)NCCOC(=O)C(Cc1cccc(C(F)(F)F)c1)c1ccc(C(F)(F)F)cc1. The summed E-state index contributed by atoms with van der Waals surface area (Å²) in [5.74, 6) is -2.31. The molecule has 0 aliphatic carbocycles. The molecule has 1 amide bonds. The van der Waals surface area contributed by atoms with Gasteiger partial charge in [0, 0.05) is 6.92 Å². The van der Waals surface area contributed by atoms with Crippen molar-refractivity contribution in [2.24, 2.45) is 0 Å². The number of halogens is 6. The highest BCUT2D eigenvalue weighted by Crippen LogP contribution is 2.33. The predicted molar refractivity (Wildman–Crippen MR) is 99.0 cm³/mol. The van der Waals surface area contributed by atoms with Crippen molar-refractivity contribution in [1.82, 2.24) is 5.32 Å². The van der Waals surface area contributed by atoms with E-state index in [1.807, 2.05) is 0 Å². The lowest BCUT2D eigenvalue weighted by Gasteiger charge is -2.18. The van der Waals surface area contributed by atoms with Crippen molar-refractivity contribution in [2.75, 3.05) is 13.2 Å². The van der Waals surface area contributed by atoms with Crippen LogP contribution in [0.2, 0.25) is 0 Å². The molecular weight excluding hydrogens is 428 g/mol. The second-order valence-corrected chi connectivity index (χ2v) is 6.73. The second-order valence-electron chi connectivity index (χ2n) is 6.73. The Bertz CT molecular complexity index is 907. The molecule has 0 aromatic heterocycles. The van der Waals surface area contributed by atoms with E-state index in [0.29, 0.717) is 0 Å². The molecule has 0 spiro atoms. The smallest absolute Gasteiger partial charge is 0.416 e. The third kappa shape index (κ3) is 7.30. The van der Waals surface area contributed by atoms with Crippen LogP contribution in [0.5, 0.6) is 0 Å². The maximum absolute atomic E-state index is 13.0. The van der Waals surface area contributed by atoms with Crippen molar-refractivity contribution < 1.29 is 40.7 Å². The zero-order valence-corrected chi connectivity index (χ0v) is 16.3. The van der Waals surface area contributed by atoms with Crippen LogP contribution in [-0.2, 0) is 33.1 Å². The topological polar surface area (TPSA) is 55.4 Å². The number of hydrogen-bond donors (Lipinski definition) is 1. The molecule has 2 rings (SSSR count). The van der Waals surface area contributed by atoms with Crippen LogP contribution in [-0.4, -0.2) is 25.0 Å². The van der Waals surface area contributed by atoms with Gasteiger partial charge in [0.05, 0.1) is 23.6 Å². The van der Waals surface area contributed by atoms with Gasteiger partial charge in [0.25, 0.3) is 0 Å². The molecular formula is C21H19F6NO3. The van der Waals surface area contributed by atoms with E-state index in [1.54, 1.807) is 0 Å². The first-order chi connectivity index (χ1) is 14.4. The molecule has 0 bridgehead atoms. The van der Waals surface area contributed by atoms with Gasteiger partial charge in [-0.25, -0.2) is 0 Å². The number of amides is 1. The Hall–Kier alpha value is -3.04. The fourth-order valence-corrected chi connectivity index (χ4v) is 2.83. The monoisotopic (exact) mass is 447 g/mol. The van der Waals surface area contributed by atoms with Crippen molar-refractivity contribution >= 4 is 11.9 Å². The van der Waals surface area contributed by atoms with E-state index in [-0.39, 0.29) is 36.6 Å². The number of ether oxygens (including phenoxy) is 1. The minimum absolute atomic E-state index is 0.0182. The van der Waals surface area contributed by atoms with Crippen LogP contribution < -0.4 is 5.32 Å². The lowest BCUT2D eigenvalue weighted by molar-refractivity contribution is -0.145. The fourth-order valence-electron chi connectivity index (χ4n) is 2.83. The van der Waals surface area contributed by atoms with Crippen molar-refractivity contribution in [3.63, 3.8) is 0 Å². The average Bonchev–Trinajstić information content (AvgIpc) is 2.68. The number of nitrogens with one attached hydrogen (secondary N) is 1. The van der Waals surface area contributed by atoms with Gasteiger partial charge in [-0.2, -0.15) is 26.3 Å². The second kappa shape index (κ2) is 9.84. The van der Waals surface area contributed by atoms with Gasteiger partial charge < -0.3 is 10.1 Å². The minimum atomic E-state index is -4.58. The first kappa shape index (κ1) is 24.2. The van der Waals surface area contributed by atoms with Crippen LogP contribution in [0.25, 0.3) is 0 Å². The Labute approximate surface area is 174 Å². The summed E-state index contributed by atoms with van der Waals surface area (Å²) in [5, 5.41) is 2.41. The molecule has 31 heavy (non-hydrogen) atoms. The molecule has 0 aliphatic rings. The van der Waals surface area contributed by atoms with E-state index in [2.05, 4.69) is 5.32 Å². The number of hydrogen-bond acceptors (Lipinski definition) is 3. The molecule has 0 saturated carbocycles.